The zero-order valence-electron chi connectivity index (χ0n) is 20.3. The van der Waals surface area contributed by atoms with Gasteiger partial charge in [0.05, 0.1) is 24.9 Å². The first-order valence-corrected chi connectivity index (χ1v) is 12.2. The summed E-state index contributed by atoms with van der Waals surface area (Å²) >= 11 is 0. The monoisotopic (exact) mass is 436 g/mol. The Hall–Kier alpha value is -2.49. The summed E-state index contributed by atoms with van der Waals surface area (Å²) < 4.78 is 4.90. The number of anilines is 2. The lowest BCUT2D eigenvalue weighted by Gasteiger charge is -2.38. The van der Waals surface area contributed by atoms with E-state index in [-0.39, 0.29) is 11.9 Å². The third-order valence-electron chi connectivity index (χ3n) is 6.50. The zero-order valence-corrected chi connectivity index (χ0v) is 20.3. The summed E-state index contributed by atoms with van der Waals surface area (Å²) in [6.07, 6.45) is 6.93. The van der Waals surface area contributed by atoms with Crippen LogP contribution in [0.25, 0.3) is 0 Å². The van der Waals surface area contributed by atoms with Gasteiger partial charge in [-0.2, -0.15) is 0 Å². The van der Waals surface area contributed by atoms with Crippen LogP contribution >= 0.6 is 0 Å². The number of nitrogens with one attached hydrogen (secondary N) is 1. The first-order valence-electron chi connectivity index (χ1n) is 12.2. The predicted molar refractivity (Wildman–Crippen MR) is 134 cm³/mol. The van der Waals surface area contributed by atoms with Crippen molar-refractivity contribution in [2.24, 2.45) is 5.92 Å². The van der Waals surface area contributed by atoms with E-state index in [9.17, 15) is 4.79 Å². The Kier molecular flexibility index (Phi) is 9.01. The van der Waals surface area contributed by atoms with Gasteiger partial charge in [-0.25, -0.2) is 0 Å². The smallest absolute Gasteiger partial charge is 0.306 e. The number of nitrogens with zero attached hydrogens (tertiary/aromatic N) is 1. The predicted octanol–water partition coefficient (Wildman–Crippen LogP) is 6.76. The lowest BCUT2D eigenvalue weighted by molar-refractivity contribution is -0.140. The molecule has 1 N–H and O–H groups in total. The minimum atomic E-state index is -0.163. The minimum Gasteiger partial charge on any atom is -0.469 e. The second kappa shape index (κ2) is 11.9. The van der Waals surface area contributed by atoms with Crippen LogP contribution in [-0.4, -0.2) is 25.7 Å². The fourth-order valence-electron chi connectivity index (χ4n) is 4.73. The van der Waals surface area contributed by atoms with Gasteiger partial charge in [-0.15, -0.1) is 0 Å². The molecule has 0 amide bonds. The third kappa shape index (κ3) is 6.75. The molecular formula is C28H40N2O2. The Morgan fingerprint density at radius 2 is 1.78 bits per heavy atom. The molecule has 1 saturated carbocycles. The van der Waals surface area contributed by atoms with Crippen molar-refractivity contribution in [2.45, 2.75) is 77.8 Å². The van der Waals surface area contributed by atoms with Gasteiger partial charge in [0.25, 0.3) is 0 Å². The third-order valence-corrected chi connectivity index (χ3v) is 6.50. The first-order chi connectivity index (χ1) is 15.5. The van der Waals surface area contributed by atoms with Gasteiger partial charge >= 0.3 is 5.97 Å². The highest BCUT2D eigenvalue weighted by Crippen LogP contribution is 2.36. The molecule has 1 unspecified atom stereocenters. The summed E-state index contributed by atoms with van der Waals surface area (Å²) in [7, 11) is 1.46. The normalized spacial score (nSPS) is 15.4. The molecule has 1 fully saturated rings. The van der Waals surface area contributed by atoms with Crippen LogP contribution in [0.15, 0.2) is 48.5 Å². The number of rotatable bonds is 10. The van der Waals surface area contributed by atoms with Crippen molar-refractivity contribution in [3.05, 3.63) is 59.7 Å². The van der Waals surface area contributed by atoms with Crippen LogP contribution in [0.4, 0.5) is 11.4 Å². The Morgan fingerprint density at radius 1 is 1.06 bits per heavy atom. The summed E-state index contributed by atoms with van der Waals surface area (Å²) in [4.78, 5) is 14.5. The van der Waals surface area contributed by atoms with E-state index >= 15 is 0 Å². The van der Waals surface area contributed by atoms with Crippen LogP contribution < -0.4 is 10.2 Å². The van der Waals surface area contributed by atoms with Crippen molar-refractivity contribution in [2.75, 3.05) is 23.9 Å². The van der Waals surface area contributed by atoms with E-state index in [2.05, 4.69) is 79.5 Å². The Labute approximate surface area is 194 Å². The Bertz CT molecular complexity index is 844. The van der Waals surface area contributed by atoms with Gasteiger partial charge in [-0.05, 0) is 47.9 Å². The van der Waals surface area contributed by atoms with Gasteiger partial charge in [0.2, 0.25) is 0 Å². The molecule has 1 aliphatic rings. The molecule has 0 saturated heterocycles. The fourth-order valence-corrected chi connectivity index (χ4v) is 4.73. The molecule has 0 spiro atoms. The van der Waals surface area contributed by atoms with Crippen LogP contribution in [0.5, 0.6) is 0 Å². The molecule has 0 bridgehead atoms. The van der Waals surface area contributed by atoms with Crippen molar-refractivity contribution >= 4 is 17.3 Å². The summed E-state index contributed by atoms with van der Waals surface area (Å²) in [6.45, 7) is 8.55. The summed E-state index contributed by atoms with van der Waals surface area (Å²) in [5.74, 6) is 0.544. The van der Waals surface area contributed by atoms with Crippen molar-refractivity contribution in [1.29, 1.82) is 0 Å². The zero-order chi connectivity index (χ0) is 22.9. The maximum Gasteiger partial charge on any atom is 0.306 e. The number of carbonyl (C=O) groups is 1. The molecule has 4 heteroatoms. The van der Waals surface area contributed by atoms with Crippen molar-refractivity contribution < 1.29 is 9.53 Å². The van der Waals surface area contributed by atoms with Gasteiger partial charge in [-0.1, -0.05) is 76.4 Å². The van der Waals surface area contributed by atoms with Crippen molar-refractivity contribution in [3.8, 4) is 0 Å². The number of hydrogen-bond donors (Lipinski definition) is 1. The highest BCUT2D eigenvalue weighted by Gasteiger charge is 2.25. The average molecular weight is 437 g/mol. The molecular weight excluding hydrogens is 396 g/mol. The molecule has 0 heterocycles. The standard InChI is InChI=1S/C28H40N2O2/c1-21(2)20-30(25-13-9-6-10-14-25)27-16-15-24(22(3)17-28(31)32-4)18-26(27)29-19-23-11-7-5-8-12-23/h5,7-8,11-12,15-16,18,21-22,25,29H,6,9-10,13-14,17,19-20H2,1-4H3. The molecule has 0 radical (unpaired) electrons. The van der Waals surface area contributed by atoms with E-state index in [1.54, 1.807) is 0 Å². The number of esters is 1. The molecule has 174 valence electrons. The fraction of sp³-hybridized carbons (Fsp3) is 0.536. The summed E-state index contributed by atoms with van der Waals surface area (Å²) in [5.41, 5.74) is 4.88. The molecule has 0 aliphatic heterocycles. The van der Waals surface area contributed by atoms with Gasteiger partial charge in [0.1, 0.15) is 0 Å². The van der Waals surface area contributed by atoms with Crippen LogP contribution in [0.3, 0.4) is 0 Å². The molecule has 0 aromatic heterocycles. The molecule has 3 rings (SSSR count). The van der Waals surface area contributed by atoms with Crippen LogP contribution in [0.1, 0.15) is 76.3 Å². The van der Waals surface area contributed by atoms with E-state index in [4.69, 9.17) is 4.74 Å². The summed E-state index contributed by atoms with van der Waals surface area (Å²) in [6, 6.07) is 17.9. The van der Waals surface area contributed by atoms with Gasteiger partial charge in [-0.3, -0.25) is 4.79 Å². The Balaban J connectivity index is 1.92. The maximum absolute atomic E-state index is 11.8. The molecule has 2 aromatic carbocycles. The van der Waals surface area contributed by atoms with E-state index < -0.39 is 0 Å². The van der Waals surface area contributed by atoms with Crippen LogP contribution in [0, 0.1) is 5.92 Å². The quantitative estimate of drug-likeness (QED) is 0.418. The van der Waals surface area contributed by atoms with Crippen LogP contribution in [-0.2, 0) is 16.1 Å². The molecule has 1 atom stereocenters. The van der Waals surface area contributed by atoms with E-state index in [1.807, 2.05) is 0 Å². The van der Waals surface area contributed by atoms with E-state index in [1.165, 1.54) is 56.0 Å². The second-order valence-corrected chi connectivity index (χ2v) is 9.64. The second-order valence-electron chi connectivity index (χ2n) is 9.64. The number of ether oxygens (including phenoxy) is 1. The minimum absolute atomic E-state index is 0.113. The first kappa shape index (κ1) is 24.2. The number of carbonyl (C=O) groups excluding carboxylic acids is 1. The summed E-state index contributed by atoms with van der Waals surface area (Å²) in [5, 5.41) is 3.73. The van der Waals surface area contributed by atoms with Gasteiger partial charge in [0, 0.05) is 19.1 Å². The molecule has 1 aliphatic carbocycles. The highest BCUT2D eigenvalue weighted by atomic mass is 16.5. The number of hydrogen-bond acceptors (Lipinski definition) is 4. The largest absolute Gasteiger partial charge is 0.469 e. The number of benzene rings is 2. The van der Waals surface area contributed by atoms with E-state index in [0.29, 0.717) is 18.4 Å². The maximum atomic E-state index is 11.8. The van der Waals surface area contributed by atoms with Crippen LogP contribution in [0.2, 0.25) is 0 Å². The Morgan fingerprint density at radius 3 is 2.44 bits per heavy atom. The average Bonchev–Trinajstić information content (AvgIpc) is 2.82. The van der Waals surface area contributed by atoms with Gasteiger partial charge in [0.15, 0.2) is 0 Å². The lowest BCUT2D eigenvalue weighted by Crippen LogP contribution is -2.39. The van der Waals surface area contributed by atoms with Crippen molar-refractivity contribution in [1.82, 2.24) is 0 Å². The highest BCUT2D eigenvalue weighted by molar-refractivity contribution is 5.73. The SMILES string of the molecule is COC(=O)CC(C)c1ccc(N(CC(C)C)C2CCCCC2)c(NCc2ccccc2)c1. The molecule has 4 nitrogen and oxygen atoms in total. The van der Waals surface area contributed by atoms with E-state index in [0.717, 1.165) is 18.8 Å². The van der Waals surface area contributed by atoms with Gasteiger partial charge < -0.3 is 15.0 Å². The topological polar surface area (TPSA) is 41.6 Å². The van der Waals surface area contributed by atoms with Crippen molar-refractivity contribution in [3.63, 3.8) is 0 Å². The molecule has 32 heavy (non-hydrogen) atoms. The lowest BCUT2D eigenvalue weighted by atomic mass is 9.92. The molecule has 2 aromatic rings. The number of methoxy groups -OCH3 is 1.